The lowest BCUT2D eigenvalue weighted by atomic mass is 9.94. The number of hydrogen-bond acceptors (Lipinski definition) is 4. The van der Waals surface area contributed by atoms with Gasteiger partial charge >= 0.3 is 0 Å². The first-order valence-corrected chi connectivity index (χ1v) is 22.5. The van der Waals surface area contributed by atoms with Crippen LogP contribution < -0.4 is 4.90 Å². The molecule has 0 bridgehead atoms. The molecule has 3 aromatic heterocycles. The number of thiophene rings is 1. The van der Waals surface area contributed by atoms with Crippen molar-refractivity contribution in [1.29, 1.82) is 0 Å². The minimum Gasteiger partial charge on any atom is -0.455 e. The molecule has 0 N–H and O–H groups in total. The molecule has 0 spiro atoms. The van der Waals surface area contributed by atoms with E-state index in [2.05, 4.69) is 229 Å². The summed E-state index contributed by atoms with van der Waals surface area (Å²) in [4.78, 5) is 2.52. The topological polar surface area (TPSA) is 29.5 Å². The number of para-hydroxylation sites is 1. The lowest BCUT2D eigenvalue weighted by Crippen LogP contribution is -2.13. The van der Waals surface area contributed by atoms with Crippen LogP contribution in [0.25, 0.3) is 109 Å². The first-order valence-electron chi connectivity index (χ1n) is 21.7. The molecule has 0 saturated heterocycles. The summed E-state index contributed by atoms with van der Waals surface area (Å²) in [6.07, 6.45) is 0. The van der Waals surface area contributed by atoms with Crippen LogP contribution in [-0.2, 0) is 0 Å². The molecule has 0 aliphatic heterocycles. The monoisotopic (exact) mass is 835 g/mol. The fourth-order valence-electron chi connectivity index (χ4n) is 9.82. The lowest BCUT2D eigenvalue weighted by molar-refractivity contribution is 0.670. The van der Waals surface area contributed by atoms with Gasteiger partial charge in [-0.05, 0) is 82.4 Å². The zero-order chi connectivity index (χ0) is 42.1. The third-order valence-corrected chi connectivity index (χ3v) is 13.8. The minimum absolute atomic E-state index is 0.821. The van der Waals surface area contributed by atoms with Crippen molar-refractivity contribution in [3.05, 3.63) is 224 Å². The predicted octanol–water partition coefficient (Wildman–Crippen LogP) is 18.0. The molecule has 3 heterocycles. The van der Waals surface area contributed by atoms with Gasteiger partial charge in [0.15, 0.2) is 0 Å². The highest BCUT2D eigenvalue weighted by Gasteiger charge is 2.30. The molecule has 10 aromatic carbocycles. The number of furan rings is 2. The number of anilines is 3. The van der Waals surface area contributed by atoms with E-state index in [0.717, 1.165) is 105 Å². The Hall–Kier alpha value is -8.18. The predicted molar refractivity (Wildman–Crippen MR) is 270 cm³/mol. The highest BCUT2D eigenvalue weighted by atomic mass is 32.1. The maximum absolute atomic E-state index is 7.18. The summed E-state index contributed by atoms with van der Waals surface area (Å²) in [6, 6.07) is 80.2. The molecule has 64 heavy (non-hydrogen) atoms. The van der Waals surface area contributed by atoms with Crippen molar-refractivity contribution < 1.29 is 8.83 Å². The zero-order valence-electron chi connectivity index (χ0n) is 34.5. The Morgan fingerprint density at radius 1 is 0.312 bits per heavy atom. The van der Waals surface area contributed by atoms with Crippen molar-refractivity contribution >= 4 is 92.4 Å². The maximum Gasteiger partial charge on any atom is 0.145 e. The number of benzene rings is 10. The largest absolute Gasteiger partial charge is 0.455 e. The van der Waals surface area contributed by atoms with Crippen molar-refractivity contribution in [2.24, 2.45) is 0 Å². The molecule has 0 fully saturated rings. The van der Waals surface area contributed by atoms with Gasteiger partial charge in [0.25, 0.3) is 0 Å². The molecule has 300 valence electrons. The highest BCUT2D eigenvalue weighted by Crippen LogP contribution is 2.55. The summed E-state index contributed by atoms with van der Waals surface area (Å²) >= 11 is 1.83. The fourth-order valence-corrected chi connectivity index (χ4v) is 10.9. The van der Waals surface area contributed by atoms with Gasteiger partial charge in [-0.3, -0.25) is 0 Å². The second kappa shape index (κ2) is 14.7. The van der Waals surface area contributed by atoms with Crippen LogP contribution in [0.2, 0.25) is 0 Å². The maximum atomic E-state index is 7.18. The van der Waals surface area contributed by atoms with Crippen LogP contribution in [0, 0.1) is 0 Å². The summed E-state index contributed by atoms with van der Waals surface area (Å²) < 4.78 is 16.7. The van der Waals surface area contributed by atoms with Gasteiger partial charge in [-0.2, -0.15) is 0 Å². The highest BCUT2D eigenvalue weighted by molar-refractivity contribution is 7.26. The van der Waals surface area contributed by atoms with Gasteiger partial charge in [0.2, 0.25) is 0 Å². The van der Waals surface area contributed by atoms with E-state index in [1.54, 1.807) is 0 Å². The van der Waals surface area contributed by atoms with Crippen molar-refractivity contribution in [1.82, 2.24) is 0 Å². The average Bonchev–Trinajstić information content (AvgIpc) is 4.07. The molecular weight excluding hydrogens is 799 g/mol. The van der Waals surface area contributed by atoms with Gasteiger partial charge in [-0.25, -0.2) is 0 Å². The quantitative estimate of drug-likeness (QED) is 0.160. The number of hydrogen-bond donors (Lipinski definition) is 0. The normalized spacial score (nSPS) is 11.8. The van der Waals surface area contributed by atoms with Crippen LogP contribution in [0.4, 0.5) is 17.1 Å². The van der Waals surface area contributed by atoms with Crippen LogP contribution in [0.5, 0.6) is 0 Å². The molecule has 0 saturated carbocycles. The van der Waals surface area contributed by atoms with E-state index in [-0.39, 0.29) is 0 Å². The lowest BCUT2D eigenvalue weighted by Gasteiger charge is -2.30. The second-order valence-corrected chi connectivity index (χ2v) is 17.4. The minimum atomic E-state index is 0.821. The molecule has 0 atom stereocenters. The Bertz CT molecular complexity index is 3890. The van der Waals surface area contributed by atoms with Gasteiger partial charge in [0.05, 0.1) is 27.8 Å². The molecule has 0 aliphatic carbocycles. The van der Waals surface area contributed by atoms with Gasteiger partial charge in [0.1, 0.15) is 22.3 Å². The summed E-state index contributed by atoms with van der Waals surface area (Å²) in [7, 11) is 0. The Labute approximate surface area is 373 Å². The van der Waals surface area contributed by atoms with Crippen LogP contribution >= 0.6 is 11.3 Å². The number of fused-ring (bicyclic) bond motifs is 9. The Kier molecular flexibility index (Phi) is 8.40. The average molecular weight is 836 g/mol. The van der Waals surface area contributed by atoms with E-state index in [0.29, 0.717) is 0 Å². The summed E-state index contributed by atoms with van der Waals surface area (Å²) in [6.45, 7) is 0. The smallest absolute Gasteiger partial charge is 0.145 e. The molecule has 13 aromatic rings. The van der Waals surface area contributed by atoms with Crippen LogP contribution in [0.15, 0.2) is 233 Å². The third-order valence-electron chi connectivity index (χ3n) is 12.7. The summed E-state index contributed by atoms with van der Waals surface area (Å²) in [5, 5.41) is 6.62. The fraction of sp³-hybridized carbons (Fsp3) is 0. The molecule has 4 heteroatoms. The van der Waals surface area contributed by atoms with Crippen molar-refractivity contribution in [2.75, 3.05) is 4.90 Å². The standard InChI is InChI=1S/C60H37NO2S/c1-5-17-38(18-6-1)42-31-32-46-52(37-42)63-60-45(41-23-11-4-12-24-41)33-35-50(56(46)60)61(49-28-16-30-54-55(49)47-25-13-14-29-53(47)64-54)58-43(39-19-7-2-8-20-39)34-36-51-57(58)48-27-15-26-44(59(48)62-51)40-21-9-3-10-22-40/h1-37H. The molecule has 13 rings (SSSR count). The number of nitrogens with zero attached hydrogens (tertiary/aromatic N) is 1. The van der Waals surface area contributed by atoms with Gasteiger partial charge in [-0.1, -0.05) is 170 Å². The van der Waals surface area contributed by atoms with E-state index in [9.17, 15) is 0 Å². The number of rotatable bonds is 7. The third kappa shape index (κ3) is 5.73. The van der Waals surface area contributed by atoms with Gasteiger partial charge in [0, 0.05) is 47.6 Å². The van der Waals surface area contributed by atoms with Crippen LogP contribution in [-0.4, -0.2) is 0 Å². The Morgan fingerprint density at radius 3 is 1.61 bits per heavy atom. The summed E-state index contributed by atoms with van der Waals surface area (Å²) in [5.41, 5.74) is 15.3. The van der Waals surface area contributed by atoms with Crippen LogP contribution in [0.3, 0.4) is 0 Å². The molecule has 0 aliphatic rings. The molecule has 0 amide bonds. The van der Waals surface area contributed by atoms with Crippen LogP contribution in [0.1, 0.15) is 0 Å². The van der Waals surface area contributed by atoms with Gasteiger partial charge < -0.3 is 13.7 Å². The van der Waals surface area contributed by atoms with Gasteiger partial charge in [-0.15, -0.1) is 11.3 Å². The van der Waals surface area contributed by atoms with Crippen molar-refractivity contribution in [3.8, 4) is 44.5 Å². The zero-order valence-corrected chi connectivity index (χ0v) is 35.4. The van der Waals surface area contributed by atoms with E-state index < -0.39 is 0 Å². The van der Waals surface area contributed by atoms with E-state index in [1.807, 2.05) is 11.3 Å². The Balaban J connectivity index is 1.21. The van der Waals surface area contributed by atoms with E-state index >= 15 is 0 Å². The van der Waals surface area contributed by atoms with Crippen molar-refractivity contribution in [3.63, 3.8) is 0 Å². The molecule has 0 unspecified atom stereocenters. The molecule has 0 radical (unpaired) electrons. The molecule has 3 nitrogen and oxygen atoms in total. The summed E-state index contributed by atoms with van der Waals surface area (Å²) in [5.74, 6) is 0. The first-order chi connectivity index (χ1) is 31.8. The van der Waals surface area contributed by atoms with E-state index in [4.69, 9.17) is 8.83 Å². The van der Waals surface area contributed by atoms with E-state index in [1.165, 1.54) is 20.2 Å². The Morgan fingerprint density at radius 2 is 0.875 bits per heavy atom. The first kappa shape index (κ1) is 36.5. The SMILES string of the molecule is c1ccc(-c2ccc3c(c2)oc2c(-c4ccccc4)ccc(N(c4c(-c5ccccc5)ccc5oc6c(-c7ccccc7)cccc6c45)c4cccc5sc6ccccc6c45)c23)cc1. The molecular formula is C60H37NO2S. The second-order valence-electron chi connectivity index (χ2n) is 16.3. The van der Waals surface area contributed by atoms with Crippen molar-refractivity contribution in [2.45, 2.75) is 0 Å².